The average molecular weight is 394 g/mol. The fourth-order valence-electron chi connectivity index (χ4n) is 3.49. The number of hydrogen-bond donors (Lipinski definition) is 1. The summed E-state index contributed by atoms with van der Waals surface area (Å²) in [6.07, 6.45) is 0.499. The molecule has 1 saturated heterocycles. The number of hydrogen-bond acceptors (Lipinski definition) is 3. The number of halogens is 1. The van der Waals surface area contributed by atoms with Crippen molar-refractivity contribution in [1.29, 1.82) is 0 Å². The topological polar surface area (TPSA) is 29.1 Å². The van der Waals surface area contributed by atoms with E-state index in [4.69, 9.17) is 11.6 Å². The molecule has 0 amide bonds. The summed E-state index contributed by atoms with van der Waals surface area (Å²) in [6.45, 7) is 0. The highest BCUT2D eigenvalue weighted by Gasteiger charge is 2.38. The number of benzene rings is 3. The van der Waals surface area contributed by atoms with Crippen LogP contribution in [0.15, 0.2) is 89.8 Å². The summed E-state index contributed by atoms with van der Waals surface area (Å²) in [5, 5.41) is 4.26. The van der Waals surface area contributed by atoms with Crippen molar-refractivity contribution in [2.45, 2.75) is 28.6 Å². The van der Waals surface area contributed by atoms with Gasteiger partial charge in [0.1, 0.15) is 5.78 Å². The first-order valence-electron chi connectivity index (χ1n) is 9.01. The largest absolute Gasteiger partial charge is 0.301 e. The molecule has 4 heteroatoms. The second-order valence-corrected chi connectivity index (χ2v) is 8.33. The van der Waals surface area contributed by atoms with Crippen LogP contribution in [0.5, 0.6) is 0 Å². The number of rotatable bonds is 4. The Balaban J connectivity index is 1.64. The van der Waals surface area contributed by atoms with E-state index in [2.05, 4.69) is 29.6 Å². The molecule has 27 heavy (non-hydrogen) atoms. The molecular weight excluding hydrogens is 374 g/mol. The van der Waals surface area contributed by atoms with Gasteiger partial charge in [0.15, 0.2) is 0 Å². The summed E-state index contributed by atoms with van der Waals surface area (Å²) in [4.78, 5) is 14.2. The second-order valence-electron chi connectivity index (χ2n) is 6.68. The maximum Gasteiger partial charge on any atom is 0.150 e. The maximum atomic E-state index is 13.1. The summed E-state index contributed by atoms with van der Waals surface area (Å²) in [6, 6.07) is 28.1. The van der Waals surface area contributed by atoms with Crippen LogP contribution in [0.25, 0.3) is 0 Å². The first-order valence-corrected chi connectivity index (χ1v) is 10.3. The monoisotopic (exact) mass is 393 g/mol. The van der Waals surface area contributed by atoms with Gasteiger partial charge < -0.3 is 5.32 Å². The highest BCUT2D eigenvalue weighted by Crippen LogP contribution is 2.40. The minimum atomic E-state index is -0.173. The molecule has 1 aliphatic rings. The van der Waals surface area contributed by atoms with Gasteiger partial charge in [-0.2, -0.15) is 0 Å². The molecule has 3 aromatic carbocycles. The van der Waals surface area contributed by atoms with Crippen LogP contribution < -0.4 is 5.32 Å². The van der Waals surface area contributed by atoms with E-state index in [1.54, 1.807) is 11.8 Å². The van der Waals surface area contributed by atoms with Crippen molar-refractivity contribution in [3.63, 3.8) is 0 Å². The summed E-state index contributed by atoms with van der Waals surface area (Å²) in [7, 11) is 0. The molecule has 1 aliphatic heterocycles. The minimum absolute atomic E-state index is 0.0333. The number of ketones is 1. The van der Waals surface area contributed by atoms with Crippen LogP contribution in [-0.4, -0.2) is 11.0 Å². The highest BCUT2D eigenvalue weighted by molar-refractivity contribution is 8.00. The number of Topliss-reactive ketones (excluding diaryl/α,β-unsaturated/α-hetero) is 1. The van der Waals surface area contributed by atoms with E-state index in [0.717, 1.165) is 16.0 Å². The Morgan fingerprint density at radius 1 is 0.815 bits per heavy atom. The van der Waals surface area contributed by atoms with Crippen molar-refractivity contribution in [2.24, 2.45) is 0 Å². The van der Waals surface area contributed by atoms with Crippen molar-refractivity contribution in [3.05, 3.63) is 101 Å². The number of carbonyl (C=O) groups excluding carboxylic acids is 1. The van der Waals surface area contributed by atoms with Crippen LogP contribution in [-0.2, 0) is 4.79 Å². The molecule has 0 aromatic heterocycles. The van der Waals surface area contributed by atoms with E-state index < -0.39 is 0 Å². The second kappa shape index (κ2) is 8.30. The lowest BCUT2D eigenvalue weighted by Crippen LogP contribution is -2.44. The zero-order valence-corrected chi connectivity index (χ0v) is 16.3. The zero-order chi connectivity index (χ0) is 18.6. The van der Waals surface area contributed by atoms with E-state index >= 15 is 0 Å². The normalized spacial score (nSPS) is 22.6. The summed E-state index contributed by atoms with van der Waals surface area (Å²) >= 11 is 7.62. The quantitative estimate of drug-likeness (QED) is 0.603. The molecule has 136 valence electrons. The maximum absolute atomic E-state index is 13.1. The van der Waals surface area contributed by atoms with Gasteiger partial charge in [0.2, 0.25) is 0 Å². The van der Waals surface area contributed by atoms with Gasteiger partial charge in [-0.25, -0.2) is 0 Å². The van der Waals surface area contributed by atoms with Gasteiger partial charge in [-0.3, -0.25) is 4.79 Å². The predicted molar refractivity (Wildman–Crippen MR) is 112 cm³/mol. The van der Waals surface area contributed by atoms with Gasteiger partial charge in [0.05, 0.1) is 11.3 Å². The molecule has 1 fully saturated rings. The lowest BCUT2D eigenvalue weighted by atomic mass is 9.89. The Bertz CT molecular complexity index is 899. The lowest BCUT2D eigenvalue weighted by Gasteiger charge is -2.37. The molecule has 4 rings (SSSR count). The number of thioether (sulfide) groups is 1. The third kappa shape index (κ3) is 4.27. The molecule has 2 nitrogen and oxygen atoms in total. The fraction of sp³-hybridized carbons (Fsp3) is 0.174. The molecule has 1 heterocycles. The Morgan fingerprint density at radius 2 is 1.41 bits per heavy atom. The molecule has 3 aromatic rings. The Kier molecular flexibility index (Phi) is 5.63. The number of carbonyl (C=O) groups is 1. The number of nitrogens with one attached hydrogen (secondary N) is 1. The average Bonchev–Trinajstić information content (AvgIpc) is 2.72. The zero-order valence-electron chi connectivity index (χ0n) is 14.7. The van der Waals surface area contributed by atoms with E-state index in [1.165, 1.54) is 0 Å². The molecular formula is C23H20ClNOS. The van der Waals surface area contributed by atoms with Gasteiger partial charge in [0.25, 0.3) is 0 Å². The van der Waals surface area contributed by atoms with Gasteiger partial charge in [-0.15, -0.1) is 11.8 Å². The van der Waals surface area contributed by atoms with Gasteiger partial charge in [-0.05, 0) is 35.4 Å². The van der Waals surface area contributed by atoms with Crippen LogP contribution in [0.3, 0.4) is 0 Å². The molecule has 0 aliphatic carbocycles. The Labute approximate surface area is 169 Å². The van der Waals surface area contributed by atoms with Crippen LogP contribution in [0.4, 0.5) is 0 Å². The summed E-state index contributed by atoms with van der Waals surface area (Å²) in [5.74, 6) is 0.274. The van der Waals surface area contributed by atoms with Gasteiger partial charge >= 0.3 is 0 Å². The molecule has 0 bridgehead atoms. The molecule has 0 spiro atoms. The fourth-order valence-corrected chi connectivity index (χ4v) is 4.80. The standard InChI is InChI=1S/C23H20ClNOS/c24-18-11-13-19(14-12-18)27-23-21(26)15-20(16-7-3-1-4-8-16)25-22(23)17-9-5-2-6-10-17/h1-14,20,22-23,25H,15H2. The third-order valence-corrected chi connectivity index (χ3v) is 6.43. The van der Waals surface area contributed by atoms with E-state index in [-0.39, 0.29) is 23.1 Å². The van der Waals surface area contributed by atoms with E-state index in [0.29, 0.717) is 11.4 Å². The Morgan fingerprint density at radius 3 is 2.04 bits per heavy atom. The Hall–Kier alpha value is -2.07. The SMILES string of the molecule is O=C1CC(c2ccccc2)NC(c2ccccc2)C1Sc1ccc(Cl)cc1. The van der Waals surface area contributed by atoms with Crippen molar-refractivity contribution < 1.29 is 4.79 Å². The minimum Gasteiger partial charge on any atom is -0.301 e. The summed E-state index contributed by atoms with van der Waals surface area (Å²) in [5.41, 5.74) is 2.29. The highest BCUT2D eigenvalue weighted by atomic mass is 35.5. The molecule has 1 N–H and O–H groups in total. The van der Waals surface area contributed by atoms with E-state index in [1.807, 2.05) is 60.7 Å². The van der Waals surface area contributed by atoms with Crippen LogP contribution in [0, 0.1) is 0 Å². The van der Waals surface area contributed by atoms with Gasteiger partial charge in [0, 0.05) is 22.4 Å². The van der Waals surface area contributed by atoms with Crippen molar-refractivity contribution in [1.82, 2.24) is 5.32 Å². The molecule has 3 atom stereocenters. The third-order valence-electron chi connectivity index (χ3n) is 4.84. The van der Waals surface area contributed by atoms with E-state index in [9.17, 15) is 4.79 Å². The molecule has 0 saturated carbocycles. The first-order chi connectivity index (χ1) is 13.2. The summed E-state index contributed by atoms with van der Waals surface area (Å²) < 4.78 is 0. The smallest absolute Gasteiger partial charge is 0.150 e. The molecule has 3 unspecified atom stereocenters. The number of piperidine rings is 1. The van der Waals surface area contributed by atoms with Crippen molar-refractivity contribution in [3.8, 4) is 0 Å². The first kappa shape index (κ1) is 18.3. The lowest BCUT2D eigenvalue weighted by molar-refractivity contribution is -0.121. The van der Waals surface area contributed by atoms with Gasteiger partial charge in [-0.1, -0.05) is 72.3 Å². The van der Waals surface area contributed by atoms with Crippen LogP contribution in [0.2, 0.25) is 5.02 Å². The van der Waals surface area contributed by atoms with Crippen molar-refractivity contribution in [2.75, 3.05) is 0 Å². The van der Waals surface area contributed by atoms with Crippen LogP contribution in [0.1, 0.15) is 29.6 Å². The molecule has 0 radical (unpaired) electrons. The van der Waals surface area contributed by atoms with Crippen molar-refractivity contribution >= 4 is 29.1 Å². The van der Waals surface area contributed by atoms with Crippen LogP contribution >= 0.6 is 23.4 Å². The predicted octanol–water partition coefficient (Wildman–Crippen LogP) is 5.85.